The van der Waals surface area contributed by atoms with Gasteiger partial charge in [-0.3, -0.25) is 4.21 Å². The Morgan fingerprint density at radius 2 is 2.08 bits per heavy atom. The Morgan fingerprint density at radius 3 is 2.62 bits per heavy atom. The fraction of sp³-hybridized carbons (Fsp3) is 0.400. The minimum absolute atomic E-state index is 0.0910. The highest BCUT2D eigenvalue weighted by molar-refractivity contribution is 7.85. The zero-order valence-electron chi connectivity index (χ0n) is 7.86. The average molecular weight is 198 g/mol. The second-order valence-electron chi connectivity index (χ2n) is 2.98. The van der Waals surface area contributed by atoms with Crippen molar-refractivity contribution < 1.29 is 9.32 Å². The normalized spacial score (nSPS) is 15.2. The molecule has 13 heavy (non-hydrogen) atoms. The molecule has 2 unspecified atom stereocenters. The van der Waals surface area contributed by atoms with Crippen molar-refractivity contribution >= 4 is 10.8 Å². The highest BCUT2D eigenvalue weighted by Gasteiger charge is 2.13. The predicted molar refractivity (Wildman–Crippen MR) is 54.3 cm³/mol. The monoisotopic (exact) mass is 198 g/mol. The minimum Gasteiger partial charge on any atom is -0.507 e. The zero-order valence-corrected chi connectivity index (χ0v) is 8.67. The molecule has 0 aliphatic rings. The van der Waals surface area contributed by atoms with Crippen molar-refractivity contribution in [3.63, 3.8) is 0 Å². The van der Waals surface area contributed by atoms with Gasteiger partial charge in [-0.1, -0.05) is 26.0 Å². The van der Waals surface area contributed by atoms with Gasteiger partial charge in [0.25, 0.3) is 0 Å². The number of aromatic hydroxyl groups is 1. The van der Waals surface area contributed by atoms with Crippen LogP contribution in [-0.4, -0.2) is 14.6 Å². The van der Waals surface area contributed by atoms with Gasteiger partial charge in [-0.25, -0.2) is 0 Å². The minimum atomic E-state index is -1.09. The van der Waals surface area contributed by atoms with Crippen LogP contribution in [0.5, 0.6) is 5.75 Å². The lowest BCUT2D eigenvalue weighted by atomic mass is 10.3. The molecule has 2 nitrogen and oxygen atoms in total. The second-order valence-corrected chi connectivity index (χ2v) is 4.82. The number of phenolic OH excluding ortho intramolecular Hbond substituents is 1. The molecule has 0 bridgehead atoms. The molecular formula is C10H14O2S. The molecule has 1 aromatic carbocycles. The van der Waals surface area contributed by atoms with Crippen molar-refractivity contribution in [2.75, 3.05) is 0 Å². The summed E-state index contributed by atoms with van der Waals surface area (Å²) in [5.74, 6) is 0.126. The van der Waals surface area contributed by atoms with Crippen LogP contribution in [-0.2, 0) is 10.8 Å². The molecular weight excluding hydrogens is 184 g/mol. The number of phenols is 1. The SMILES string of the molecule is CCC(C)S(=O)c1ccccc1O. The lowest BCUT2D eigenvalue weighted by Gasteiger charge is -2.09. The lowest BCUT2D eigenvalue weighted by Crippen LogP contribution is -2.09. The third kappa shape index (κ3) is 2.31. The Labute approximate surface area is 81.1 Å². The van der Waals surface area contributed by atoms with Crippen LogP contribution in [0.3, 0.4) is 0 Å². The van der Waals surface area contributed by atoms with E-state index < -0.39 is 10.8 Å². The van der Waals surface area contributed by atoms with E-state index in [1.807, 2.05) is 13.8 Å². The van der Waals surface area contributed by atoms with E-state index in [1.165, 1.54) is 0 Å². The number of hydrogen-bond acceptors (Lipinski definition) is 2. The Morgan fingerprint density at radius 1 is 1.46 bits per heavy atom. The summed E-state index contributed by atoms with van der Waals surface area (Å²) in [4.78, 5) is 0.539. The number of para-hydroxylation sites is 1. The Bertz CT molecular complexity index is 310. The van der Waals surface area contributed by atoms with Crippen LogP contribution in [0.4, 0.5) is 0 Å². The van der Waals surface area contributed by atoms with Crippen LogP contribution < -0.4 is 0 Å². The van der Waals surface area contributed by atoms with Gasteiger partial charge in [0.1, 0.15) is 5.75 Å². The molecule has 72 valence electrons. The van der Waals surface area contributed by atoms with Gasteiger partial charge in [-0.15, -0.1) is 0 Å². The van der Waals surface area contributed by atoms with Gasteiger partial charge in [0.2, 0.25) is 0 Å². The highest BCUT2D eigenvalue weighted by Crippen LogP contribution is 2.22. The van der Waals surface area contributed by atoms with Gasteiger partial charge in [0.15, 0.2) is 0 Å². The number of hydrogen-bond donors (Lipinski definition) is 1. The van der Waals surface area contributed by atoms with Gasteiger partial charge in [-0.2, -0.15) is 0 Å². The molecule has 0 fully saturated rings. The maximum atomic E-state index is 11.7. The topological polar surface area (TPSA) is 37.3 Å². The van der Waals surface area contributed by atoms with Crippen LogP contribution in [0.25, 0.3) is 0 Å². The summed E-state index contributed by atoms with van der Waals surface area (Å²) in [6, 6.07) is 6.79. The summed E-state index contributed by atoms with van der Waals surface area (Å²) < 4.78 is 11.7. The number of rotatable bonds is 3. The molecule has 0 amide bonds. The van der Waals surface area contributed by atoms with Gasteiger partial charge < -0.3 is 5.11 Å². The molecule has 0 aromatic heterocycles. The first-order valence-corrected chi connectivity index (χ1v) is 5.56. The van der Waals surface area contributed by atoms with Crippen molar-refractivity contribution in [3.05, 3.63) is 24.3 Å². The molecule has 0 spiro atoms. The van der Waals surface area contributed by atoms with Crippen molar-refractivity contribution in [2.24, 2.45) is 0 Å². The Kier molecular flexibility index (Phi) is 3.48. The van der Waals surface area contributed by atoms with Crippen LogP contribution in [0.15, 0.2) is 29.2 Å². The van der Waals surface area contributed by atoms with Crippen LogP contribution in [0.1, 0.15) is 20.3 Å². The summed E-state index contributed by atoms with van der Waals surface area (Å²) >= 11 is 0. The standard InChI is InChI=1S/C10H14O2S/c1-3-8(2)13(12)10-7-5-4-6-9(10)11/h4-8,11H,3H2,1-2H3. The maximum Gasteiger partial charge on any atom is 0.131 e. The van der Waals surface area contributed by atoms with Crippen LogP contribution >= 0.6 is 0 Å². The van der Waals surface area contributed by atoms with Crippen molar-refractivity contribution in [2.45, 2.75) is 30.4 Å². The molecule has 2 atom stereocenters. The highest BCUT2D eigenvalue weighted by atomic mass is 32.2. The van der Waals surface area contributed by atoms with Crippen molar-refractivity contribution in [1.29, 1.82) is 0 Å². The molecule has 3 heteroatoms. The predicted octanol–water partition coefficient (Wildman–Crippen LogP) is 2.30. The molecule has 1 rings (SSSR count). The third-order valence-corrected chi connectivity index (χ3v) is 3.87. The average Bonchev–Trinajstić information content (AvgIpc) is 2.16. The molecule has 1 aromatic rings. The van der Waals surface area contributed by atoms with Crippen molar-refractivity contribution in [3.8, 4) is 5.75 Å². The van der Waals surface area contributed by atoms with Crippen molar-refractivity contribution in [1.82, 2.24) is 0 Å². The molecule has 0 aliphatic carbocycles. The largest absolute Gasteiger partial charge is 0.507 e. The van der Waals surface area contributed by atoms with E-state index in [9.17, 15) is 9.32 Å². The van der Waals surface area contributed by atoms with E-state index in [0.29, 0.717) is 4.90 Å². The summed E-state index contributed by atoms with van der Waals surface area (Å²) in [5, 5.41) is 9.52. The molecule has 1 N–H and O–H groups in total. The lowest BCUT2D eigenvalue weighted by molar-refractivity contribution is 0.461. The summed E-state index contributed by atoms with van der Waals surface area (Å²) in [7, 11) is -1.09. The quantitative estimate of drug-likeness (QED) is 0.809. The van der Waals surface area contributed by atoms with Crippen LogP contribution in [0, 0.1) is 0 Å². The van der Waals surface area contributed by atoms with Gasteiger partial charge in [-0.05, 0) is 18.6 Å². The molecule has 0 radical (unpaired) electrons. The van der Waals surface area contributed by atoms with Crippen LogP contribution in [0.2, 0.25) is 0 Å². The van der Waals surface area contributed by atoms with E-state index in [2.05, 4.69) is 0 Å². The molecule has 0 saturated heterocycles. The summed E-state index contributed by atoms with van der Waals surface area (Å²) in [6.45, 7) is 3.91. The first kappa shape index (κ1) is 10.3. The fourth-order valence-corrected chi connectivity index (χ4v) is 2.22. The smallest absolute Gasteiger partial charge is 0.131 e. The van der Waals surface area contributed by atoms with Gasteiger partial charge in [0, 0.05) is 5.25 Å². The summed E-state index contributed by atoms with van der Waals surface area (Å²) in [6.07, 6.45) is 0.848. The first-order valence-electron chi connectivity index (χ1n) is 4.35. The van der Waals surface area contributed by atoms with Gasteiger partial charge in [0.05, 0.1) is 15.7 Å². The fourth-order valence-electron chi connectivity index (χ4n) is 0.995. The van der Waals surface area contributed by atoms with E-state index >= 15 is 0 Å². The number of benzene rings is 1. The van der Waals surface area contributed by atoms with E-state index in [0.717, 1.165) is 6.42 Å². The second kappa shape index (κ2) is 4.42. The molecule has 0 saturated carbocycles. The van der Waals surface area contributed by atoms with E-state index in [4.69, 9.17) is 0 Å². The summed E-state index contributed by atoms with van der Waals surface area (Å²) in [5.41, 5.74) is 0. The maximum absolute atomic E-state index is 11.7. The Hall–Kier alpha value is -0.830. The molecule has 0 aliphatic heterocycles. The molecule has 0 heterocycles. The van der Waals surface area contributed by atoms with E-state index in [-0.39, 0.29) is 11.0 Å². The third-order valence-electron chi connectivity index (χ3n) is 2.02. The van der Waals surface area contributed by atoms with Gasteiger partial charge >= 0.3 is 0 Å². The first-order chi connectivity index (χ1) is 6.16. The van der Waals surface area contributed by atoms with E-state index in [1.54, 1.807) is 24.3 Å². The Balaban J connectivity index is 2.95. The zero-order chi connectivity index (χ0) is 9.84.